The Morgan fingerprint density at radius 2 is 1.62 bits per heavy atom. The van der Waals surface area contributed by atoms with Gasteiger partial charge in [0.15, 0.2) is 0 Å². The number of nitrogens with zero attached hydrogens (tertiary/aromatic N) is 2. The third kappa shape index (κ3) is 5.95. The third-order valence-electron chi connectivity index (χ3n) is 9.75. The summed E-state index contributed by atoms with van der Waals surface area (Å²) in [5.41, 5.74) is -2.19. The van der Waals surface area contributed by atoms with Crippen molar-refractivity contribution in [2.45, 2.75) is 86.6 Å². The van der Waals surface area contributed by atoms with Gasteiger partial charge in [0.1, 0.15) is 17.7 Å². The van der Waals surface area contributed by atoms with Crippen LogP contribution in [0.4, 0.5) is 26.3 Å². The van der Waals surface area contributed by atoms with Crippen LogP contribution >= 0.6 is 0 Å². The molecular weight excluding hydrogens is 622 g/mol. The fourth-order valence-corrected chi connectivity index (χ4v) is 9.15. The summed E-state index contributed by atoms with van der Waals surface area (Å²) in [4.78, 5) is 17.8. The van der Waals surface area contributed by atoms with Gasteiger partial charge in [-0.2, -0.15) is 17.5 Å². The van der Waals surface area contributed by atoms with Gasteiger partial charge in [-0.3, -0.25) is 9.79 Å². The SMILES string of the molecule is CC1(C)N=C(C2CC3(N(Cc4ccc(C(F)(F)F)cc4)S(=O)(=O)c4ccc(F)cc4)CC2C3)NC1C(=O)NCC1CC(F)(F)C1. The van der Waals surface area contributed by atoms with E-state index < -0.39 is 50.6 Å². The summed E-state index contributed by atoms with van der Waals surface area (Å²) in [6, 6.07) is 8.03. The standard InChI is InChI=1S/C31H34F6N4O3S/c1-28(2)25(27(42)38-16-19-11-30(33,34)12-19)39-26(40-28)24-15-29(13-20(24)14-29)41(45(43,44)23-9-7-22(32)8-10-23)17-18-3-5-21(6-4-18)31(35,36)37/h3-10,19-20,24-25H,11-17H2,1-2H3,(H,38,42)(H,39,40). The molecule has 0 aromatic heterocycles. The lowest BCUT2D eigenvalue weighted by Gasteiger charge is -2.46. The Balaban J connectivity index is 1.21. The third-order valence-corrected chi connectivity index (χ3v) is 11.7. The summed E-state index contributed by atoms with van der Waals surface area (Å²) < 4.78 is 109. The lowest BCUT2D eigenvalue weighted by Crippen LogP contribution is -2.54. The summed E-state index contributed by atoms with van der Waals surface area (Å²) in [6.45, 7) is 3.54. The molecule has 4 aliphatic carbocycles. The number of fused-ring (bicyclic) bond motifs is 1. The molecule has 1 aliphatic heterocycles. The molecule has 2 unspecified atom stereocenters. The van der Waals surface area contributed by atoms with E-state index in [0.717, 1.165) is 24.3 Å². The summed E-state index contributed by atoms with van der Waals surface area (Å²) in [7, 11) is -4.21. The average Bonchev–Trinajstić information content (AvgIpc) is 3.58. The fourth-order valence-electron chi connectivity index (χ4n) is 7.36. The van der Waals surface area contributed by atoms with Gasteiger partial charge in [0, 0.05) is 37.4 Å². The second-order valence-electron chi connectivity index (χ2n) is 13.5. The molecule has 2 bridgehead atoms. The number of alkyl halides is 5. The number of sulfonamides is 1. The number of hydrogen-bond donors (Lipinski definition) is 2. The zero-order valence-corrected chi connectivity index (χ0v) is 25.5. The van der Waals surface area contributed by atoms with Crippen LogP contribution in [-0.4, -0.2) is 54.1 Å². The zero-order valence-electron chi connectivity index (χ0n) is 24.7. The number of carbonyl (C=O) groups excluding carboxylic acids is 1. The average molecular weight is 657 g/mol. The summed E-state index contributed by atoms with van der Waals surface area (Å²) in [6.07, 6.45) is -3.73. The number of carbonyl (C=O) groups is 1. The summed E-state index contributed by atoms with van der Waals surface area (Å²) >= 11 is 0. The lowest BCUT2D eigenvalue weighted by atomic mass is 9.76. The molecule has 4 fully saturated rings. The van der Waals surface area contributed by atoms with Crippen molar-refractivity contribution in [1.29, 1.82) is 0 Å². The van der Waals surface area contributed by atoms with Crippen molar-refractivity contribution in [3.63, 3.8) is 0 Å². The first-order valence-electron chi connectivity index (χ1n) is 14.9. The number of aliphatic imine (C=N–C) groups is 1. The highest BCUT2D eigenvalue weighted by Gasteiger charge is 2.63. The van der Waals surface area contributed by atoms with Gasteiger partial charge in [0.25, 0.3) is 0 Å². The van der Waals surface area contributed by atoms with E-state index in [9.17, 15) is 39.6 Å². The van der Waals surface area contributed by atoms with Crippen LogP contribution in [0.3, 0.4) is 0 Å². The van der Waals surface area contributed by atoms with Gasteiger partial charge in [-0.05, 0) is 86.9 Å². The maximum Gasteiger partial charge on any atom is 0.416 e. The van der Waals surface area contributed by atoms with E-state index in [2.05, 4.69) is 10.6 Å². The number of halogens is 6. The van der Waals surface area contributed by atoms with E-state index in [0.29, 0.717) is 30.7 Å². The van der Waals surface area contributed by atoms with Crippen LogP contribution < -0.4 is 10.6 Å². The molecule has 4 saturated carbocycles. The highest BCUT2D eigenvalue weighted by Crippen LogP contribution is 2.60. The Kier molecular flexibility index (Phi) is 7.58. The molecule has 45 heavy (non-hydrogen) atoms. The van der Waals surface area contributed by atoms with Crippen LogP contribution in [0, 0.1) is 23.6 Å². The topological polar surface area (TPSA) is 90.9 Å². The molecule has 2 aromatic rings. The van der Waals surface area contributed by atoms with Crippen molar-refractivity contribution in [2.75, 3.05) is 6.54 Å². The van der Waals surface area contributed by atoms with Gasteiger partial charge in [-0.1, -0.05) is 12.1 Å². The van der Waals surface area contributed by atoms with E-state index in [-0.39, 0.29) is 54.5 Å². The van der Waals surface area contributed by atoms with Gasteiger partial charge in [0.2, 0.25) is 21.9 Å². The normalized spacial score (nSPS) is 28.6. The summed E-state index contributed by atoms with van der Waals surface area (Å²) in [5.74, 6) is -3.50. The second-order valence-corrected chi connectivity index (χ2v) is 15.3. The number of amides is 1. The van der Waals surface area contributed by atoms with Gasteiger partial charge >= 0.3 is 6.18 Å². The molecule has 5 aliphatic rings. The molecule has 2 N–H and O–H groups in total. The lowest BCUT2D eigenvalue weighted by molar-refractivity contribution is -0.137. The predicted molar refractivity (Wildman–Crippen MR) is 153 cm³/mol. The molecule has 7 rings (SSSR count). The first kappa shape index (κ1) is 31.8. The first-order valence-corrected chi connectivity index (χ1v) is 16.3. The van der Waals surface area contributed by atoms with Crippen LogP contribution in [0.15, 0.2) is 58.4 Å². The number of amidine groups is 1. The first-order chi connectivity index (χ1) is 20.9. The molecule has 244 valence electrons. The van der Waals surface area contributed by atoms with E-state index in [1.165, 1.54) is 28.6 Å². The van der Waals surface area contributed by atoms with E-state index >= 15 is 0 Å². The minimum atomic E-state index is -4.54. The van der Waals surface area contributed by atoms with Crippen molar-refractivity contribution in [2.24, 2.45) is 22.7 Å². The smallest absolute Gasteiger partial charge is 0.360 e. The van der Waals surface area contributed by atoms with Crippen molar-refractivity contribution >= 4 is 21.8 Å². The zero-order chi connectivity index (χ0) is 32.6. The van der Waals surface area contributed by atoms with Crippen LogP contribution in [-0.2, 0) is 27.5 Å². The molecule has 0 radical (unpaired) electrons. The molecule has 0 spiro atoms. The van der Waals surface area contributed by atoms with E-state index in [1.54, 1.807) is 13.8 Å². The maximum atomic E-state index is 14.0. The molecule has 2 atom stereocenters. The molecule has 1 heterocycles. The Labute approximate surface area is 257 Å². The molecule has 7 nitrogen and oxygen atoms in total. The number of nitrogens with one attached hydrogen (secondary N) is 2. The van der Waals surface area contributed by atoms with Gasteiger partial charge in [-0.15, -0.1) is 0 Å². The van der Waals surface area contributed by atoms with Gasteiger partial charge in [0.05, 0.1) is 16.0 Å². The van der Waals surface area contributed by atoms with Gasteiger partial charge in [-0.25, -0.2) is 21.6 Å². The monoisotopic (exact) mass is 656 g/mol. The molecule has 14 heteroatoms. The number of benzene rings is 2. The van der Waals surface area contributed by atoms with Crippen molar-refractivity contribution in [1.82, 2.24) is 14.9 Å². The minimum absolute atomic E-state index is 0.0459. The highest BCUT2D eigenvalue weighted by molar-refractivity contribution is 7.89. The van der Waals surface area contributed by atoms with Crippen LogP contribution in [0.25, 0.3) is 0 Å². The minimum Gasteiger partial charge on any atom is -0.360 e. The van der Waals surface area contributed by atoms with E-state index in [1.807, 2.05) is 0 Å². The molecule has 1 amide bonds. The van der Waals surface area contributed by atoms with Crippen molar-refractivity contribution in [3.8, 4) is 0 Å². The second kappa shape index (κ2) is 10.7. The largest absolute Gasteiger partial charge is 0.416 e. The Morgan fingerprint density at radius 3 is 2.20 bits per heavy atom. The van der Waals surface area contributed by atoms with Crippen molar-refractivity contribution in [3.05, 3.63) is 65.5 Å². The Bertz CT molecular complexity index is 1600. The molecule has 2 aromatic carbocycles. The quantitative estimate of drug-likeness (QED) is 0.349. The molecular formula is C31H34F6N4O3S. The van der Waals surface area contributed by atoms with E-state index in [4.69, 9.17) is 4.99 Å². The van der Waals surface area contributed by atoms with Crippen LogP contribution in [0.1, 0.15) is 57.1 Å². The number of hydrogen-bond acceptors (Lipinski definition) is 5. The maximum absolute atomic E-state index is 14.0. The predicted octanol–water partition coefficient (Wildman–Crippen LogP) is 5.51. The molecule has 0 saturated heterocycles. The van der Waals surface area contributed by atoms with Crippen molar-refractivity contribution < 1.29 is 39.6 Å². The van der Waals surface area contributed by atoms with Crippen LogP contribution in [0.2, 0.25) is 0 Å². The Hall–Kier alpha value is -3.13. The Morgan fingerprint density at radius 1 is 1.00 bits per heavy atom. The van der Waals surface area contributed by atoms with Gasteiger partial charge < -0.3 is 10.6 Å². The summed E-state index contributed by atoms with van der Waals surface area (Å²) in [5, 5.41) is 6.00. The number of rotatable bonds is 9. The fraction of sp³-hybridized carbons (Fsp3) is 0.548. The highest BCUT2D eigenvalue weighted by atomic mass is 32.2. The van der Waals surface area contributed by atoms with Crippen LogP contribution in [0.5, 0.6) is 0 Å².